The summed E-state index contributed by atoms with van der Waals surface area (Å²) < 4.78 is 0.929. The number of hydrazone groups is 1. The van der Waals surface area contributed by atoms with Crippen LogP contribution in [0.4, 0.5) is 5.69 Å². The van der Waals surface area contributed by atoms with Crippen molar-refractivity contribution in [3.8, 4) is 0 Å². The minimum Gasteiger partial charge on any atom is -0.394 e. The van der Waals surface area contributed by atoms with E-state index in [1.807, 2.05) is 12.1 Å². The summed E-state index contributed by atoms with van der Waals surface area (Å²) in [4.78, 5) is 0. The van der Waals surface area contributed by atoms with Gasteiger partial charge in [0.05, 0.1) is 18.5 Å². The highest BCUT2D eigenvalue weighted by Crippen LogP contribution is 2.13. The van der Waals surface area contributed by atoms with Crippen molar-refractivity contribution in [2.24, 2.45) is 5.10 Å². The van der Waals surface area contributed by atoms with E-state index in [4.69, 9.17) is 10.2 Å². The quantitative estimate of drug-likeness (QED) is 0.373. The number of halogens is 1. The zero-order valence-corrected chi connectivity index (χ0v) is 11.0. The second-order valence-corrected chi connectivity index (χ2v) is 4.54. The van der Waals surface area contributed by atoms with Crippen LogP contribution < -0.4 is 5.43 Å². The maximum atomic E-state index is 9.42. The Balaban J connectivity index is 2.47. The molecule has 0 unspecified atom stereocenters. The third-order valence-corrected chi connectivity index (χ3v) is 2.72. The second-order valence-electron chi connectivity index (χ2n) is 3.63. The van der Waals surface area contributed by atoms with Crippen molar-refractivity contribution in [3.63, 3.8) is 0 Å². The van der Waals surface area contributed by atoms with Gasteiger partial charge >= 0.3 is 0 Å². The fourth-order valence-corrected chi connectivity index (χ4v) is 1.40. The molecule has 0 aromatic heterocycles. The lowest BCUT2D eigenvalue weighted by molar-refractivity contribution is -0.0541. The molecule has 1 aromatic rings. The van der Waals surface area contributed by atoms with Crippen LogP contribution in [0.1, 0.15) is 0 Å². The molecule has 0 saturated heterocycles. The Morgan fingerprint density at radius 3 is 2.39 bits per heavy atom. The van der Waals surface area contributed by atoms with Crippen molar-refractivity contribution < 1.29 is 20.4 Å². The van der Waals surface area contributed by atoms with Crippen LogP contribution in [0.5, 0.6) is 0 Å². The molecule has 0 radical (unpaired) electrons. The van der Waals surface area contributed by atoms with Gasteiger partial charge in [-0.25, -0.2) is 0 Å². The van der Waals surface area contributed by atoms with E-state index < -0.39 is 24.9 Å². The third-order valence-electron chi connectivity index (χ3n) is 2.20. The van der Waals surface area contributed by atoms with Gasteiger partial charge < -0.3 is 20.4 Å². The van der Waals surface area contributed by atoms with E-state index in [1.165, 1.54) is 0 Å². The minimum absolute atomic E-state index is 0.633. The first-order valence-corrected chi connectivity index (χ1v) is 6.03. The molecule has 0 saturated carbocycles. The number of benzene rings is 1. The molecule has 100 valence electrons. The smallest absolute Gasteiger partial charge is 0.119 e. The fraction of sp³-hybridized carbons (Fsp3) is 0.364. The molecule has 0 amide bonds. The topological polar surface area (TPSA) is 105 Å². The van der Waals surface area contributed by atoms with Gasteiger partial charge in [-0.1, -0.05) is 15.9 Å². The minimum atomic E-state index is -1.48. The maximum Gasteiger partial charge on any atom is 0.119 e. The highest BCUT2D eigenvalue weighted by Gasteiger charge is 2.22. The highest BCUT2D eigenvalue weighted by molar-refractivity contribution is 9.10. The molecule has 0 aliphatic carbocycles. The van der Waals surface area contributed by atoms with Crippen molar-refractivity contribution in [1.82, 2.24) is 0 Å². The van der Waals surface area contributed by atoms with Crippen LogP contribution in [-0.2, 0) is 0 Å². The molecule has 1 aromatic carbocycles. The predicted molar refractivity (Wildman–Crippen MR) is 71.4 cm³/mol. The van der Waals surface area contributed by atoms with Gasteiger partial charge in [0.2, 0.25) is 0 Å². The van der Waals surface area contributed by atoms with Crippen molar-refractivity contribution >= 4 is 27.8 Å². The molecule has 1 rings (SSSR count). The number of rotatable bonds is 6. The zero-order valence-electron chi connectivity index (χ0n) is 9.44. The molecule has 0 spiro atoms. The first-order chi connectivity index (χ1) is 8.54. The molecule has 18 heavy (non-hydrogen) atoms. The Labute approximate surface area is 113 Å². The van der Waals surface area contributed by atoms with Crippen molar-refractivity contribution in [3.05, 3.63) is 28.7 Å². The summed E-state index contributed by atoms with van der Waals surface area (Å²) in [6.07, 6.45) is -3.20. The van der Waals surface area contributed by atoms with Gasteiger partial charge in [-0.3, -0.25) is 5.43 Å². The average molecular weight is 319 g/mol. The predicted octanol–water partition coefficient (Wildman–Crippen LogP) is -0.0782. The Hall–Kier alpha value is -0.990. The highest BCUT2D eigenvalue weighted by atomic mass is 79.9. The van der Waals surface area contributed by atoms with Crippen LogP contribution >= 0.6 is 15.9 Å². The first-order valence-electron chi connectivity index (χ1n) is 5.24. The lowest BCUT2D eigenvalue weighted by atomic mass is 10.1. The van der Waals surface area contributed by atoms with Gasteiger partial charge in [-0.2, -0.15) is 5.10 Å². The van der Waals surface area contributed by atoms with Crippen LogP contribution in [0.25, 0.3) is 0 Å². The molecule has 0 heterocycles. The van der Waals surface area contributed by atoms with E-state index in [0.29, 0.717) is 5.69 Å². The summed E-state index contributed by atoms with van der Waals surface area (Å²) in [7, 11) is 0. The van der Waals surface area contributed by atoms with E-state index in [0.717, 1.165) is 10.7 Å². The molecule has 0 aliphatic heterocycles. The maximum absolute atomic E-state index is 9.42. The van der Waals surface area contributed by atoms with Crippen LogP contribution in [-0.4, -0.2) is 51.6 Å². The van der Waals surface area contributed by atoms with E-state index in [-0.39, 0.29) is 0 Å². The van der Waals surface area contributed by atoms with E-state index >= 15 is 0 Å². The number of anilines is 1. The number of aliphatic hydroxyl groups excluding tert-OH is 4. The molecule has 6 nitrogen and oxygen atoms in total. The van der Waals surface area contributed by atoms with Crippen molar-refractivity contribution in [1.29, 1.82) is 0 Å². The number of hydrogen-bond acceptors (Lipinski definition) is 6. The molecule has 5 N–H and O–H groups in total. The largest absolute Gasteiger partial charge is 0.394 e. The number of hydrogen-bond donors (Lipinski definition) is 5. The first kappa shape index (κ1) is 15.1. The van der Waals surface area contributed by atoms with Gasteiger partial charge in [0, 0.05) is 4.47 Å². The number of aliphatic hydroxyl groups is 4. The summed E-state index contributed by atoms with van der Waals surface area (Å²) in [6.45, 7) is -0.633. The van der Waals surface area contributed by atoms with Gasteiger partial charge in [-0.15, -0.1) is 0 Å². The van der Waals surface area contributed by atoms with Crippen molar-refractivity contribution in [2.45, 2.75) is 18.3 Å². The van der Waals surface area contributed by atoms with Crippen LogP contribution in [0.15, 0.2) is 33.8 Å². The molecule has 7 heteroatoms. The Bertz CT molecular complexity index is 385. The van der Waals surface area contributed by atoms with Gasteiger partial charge in [-0.05, 0) is 24.3 Å². The average Bonchev–Trinajstić information content (AvgIpc) is 2.39. The van der Waals surface area contributed by atoms with Crippen LogP contribution in [0.2, 0.25) is 0 Å². The second kappa shape index (κ2) is 7.45. The van der Waals surface area contributed by atoms with Crippen LogP contribution in [0, 0.1) is 0 Å². The summed E-state index contributed by atoms with van der Waals surface area (Å²) in [5.41, 5.74) is 3.36. The lowest BCUT2D eigenvalue weighted by Crippen LogP contribution is -2.40. The summed E-state index contributed by atoms with van der Waals surface area (Å²) in [5.74, 6) is 0. The Morgan fingerprint density at radius 2 is 1.83 bits per heavy atom. The Kier molecular flexibility index (Phi) is 6.23. The van der Waals surface area contributed by atoms with Gasteiger partial charge in [0.25, 0.3) is 0 Å². The lowest BCUT2D eigenvalue weighted by Gasteiger charge is -2.18. The number of nitrogens with zero attached hydrogens (tertiary/aromatic N) is 1. The van der Waals surface area contributed by atoms with Gasteiger partial charge in [0.15, 0.2) is 0 Å². The molecule has 0 bridgehead atoms. The standard InChI is InChI=1S/C11H15BrN2O4/c12-7-1-3-8(4-2-7)14-13-5-9(16)11(18)10(17)6-15/h1-5,9-11,14-18H,6H2/t9-,10+,11-/m0/s1. The van der Waals surface area contributed by atoms with E-state index in [1.54, 1.807) is 12.1 Å². The monoisotopic (exact) mass is 318 g/mol. The summed E-state index contributed by atoms with van der Waals surface area (Å²) in [6, 6.07) is 7.18. The number of nitrogens with one attached hydrogen (secondary N) is 1. The molecule has 0 aliphatic rings. The molecule has 0 fully saturated rings. The van der Waals surface area contributed by atoms with E-state index in [2.05, 4.69) is 26.5 Å². The normalized spacial score (nSPS) is 16.5. The SMILES string of the molecule is OC[C@@H](O)[C@@H](O)[C@@H](O)C=NNc1ccc(Br)cc1. The summed E-state index contributed by atoms with van der Waals surface area (Å²) >= 11 is 3.29. The Morgan fingerprint density at radius 1 is 1.22 bits per heavy atom. The zero-order chi connectivity index (χ0) is 13.5. The van der Waals surface area contributed by atoms with Crippen molar-refractivity contribution in [2.75, 3.05) is 12.0 Å². The molecule has 3 atom stereocenters. The van der Waals surface area contributed by atoms with Crippen LogP contribution in [0.3, 0.4) is 0 Å². The summed E-state index contributed by atoms with van der Waals surface area (Å²) in [5, 5.41) is 40.2. The van der Waals surface area contributed by atoms with Gasteiger partial charge in [0.1, 0.15) is 18.3 Å². The fourth-order valence-electron chi connectivity index (χ4n) is 1.14. The molecular weight excluding hydrogens is 304 g/mol. The van der Waals surface area contributed by atoms with E-state index in [9.17, 15) is 10.2 Å². The molecular formula is C11H15BrN2O4. The third kappa shape index (κ3) is 4.71.